The van der Waals surface area contributed by atoms with E-state index < -0.39 is 0 Å². The molecule has 0 aliphatic carbocycles. The zero-order valence-electron chi connectivity index (χ0n) is 16.0. The summed E-state index contributed by atoms with van der Waals surface area (Å²) in [5, 5.41) is 1.79. The Hall–Kier alpha value is -2.59. The van der Waals surface area contributed by atoms with Crippen LogP contribution >= 0.6 is 11.6 Å². The van der Waals surface area contributed by atoms with Gasteiger partial charge in [-0.25, -0.2) is 0 Å². The van der Waals surface area contributed by atoms with Gasteiger partial charge in [0.2, 0.25) is 5.91 Å². The minimum atomic E-state index is -0.0587. The summed E-state index contributed by atoms with van der Waals surface area (Å²) in [6, 6.07) is 18.0. The highest BCUT2D eigenvalue weighted by Crippen LogP contribution is 2.29. The highest BCUT2D eigenvalue weighted by Gasteiger charge is 2.28. The van der Waals surface area contributed by atoms with Crippen molar-refractivity contribution in [1.29, 1.82) is 0 Å². The first kappa shape index (κ1) is 18.8. The van der Waals surface area contributed by atoms with Crippen LogP contribution in [0.4, 0.5) is 5.69 Å². The summed E-state index contributed by atoms with van der Waals surface area (Å²) in [6.45, 7) is 5.19. The van der Waals surface area contributed by atoms with E-state index in [2.05, 4.69) is 28.9 Å². The molecule has 3 aromatic rings. The van der Waals surface area contributed by atoms with Gasteiger partial charge in [0, 0.05) is 48.5 Å². The van der Waals surface area contributed by atoms with Crippen molar-refractivity contribution in [3.05, 3.63) is 71.4 Å². The molecule has 2 heterocycles. The second kappa shape index (κ2) is 8.19. The third kappa shape index (κ3) is 3.69. The van der Waals surface area contributed by atoms with Gasteiger partial charge in [0.15, 0.2) is 0 Å². The third-order valence-electron chi connectivity index (χ3n) is 5.52. The number of pyridine rings is 1. The molecule has 5 heteroatoms. The molecule has 144 valence electrons. The maximum atomic E-state index is 13.1. The Balaban J connectivity index is 1.48. The molecule has 0 N–H and O–H groups in total. The Morgan fingerprint density at radius 1 is 1.07 bits per heavy atom. The molecule has 1 unspecified atom stereocenters. The van der Waals surface area contributed by atoms with Gasteiger partial charge in [-0.15, -0.1) is 0 Å². The SMILES string of the molecule is CCC(C(=O)N1CCN(c2ccnc3cc(Cl)ccc23)CC1)c1ccccc1. The van der Waals surface area contributed by atoms with Crippen LogP contribution in [0, 0.1) is 0 Å². The van der Waals surface area contributed by atoms with Crippen LogP contribution in [0.15, 0.2) is 60.8 Å². The fourth-order valence-corrected chi connectivity index (χ4v) is 4.17. The molecule has 0 bridgehead atoms. The Morgan fingerprint density at radius 3 is 2.54 bits per heavy atom. The van der Waals surface area contributed by atoms with Gasteiger partial charge in [-0.1, -0.05) is 48.9 Å². The number of benzene rings is 2. The number of anilines is 1. The molecule has 1 aromatic heterocycles. The van der Waals surface area contributed by atoms with E-state index in [4.69, 9.17) is 11.6 Å². The van der Waals surface area contributed by atoms with Crippen LogP contribution in [0.1, 0.15) is 24.8 Å². The molecule has 2 aromatic carbocycles. The average molecular weight is 394 g/mol. The molecule has 0 radical (unpaired) electrons. The zero-order valence-corrected chi connectivity index (χ0v) is 16.8. The maximum absolute atomic E-state index is 13.1. The van der Waals surface area contributed by atoms with Crippen molar-refractivity contribution in [2.75, 3.05) is 31.1 Å². The highest BCUT2D eigenvalue weighted by atomic mass is 35.5. The van der Waals surface area contributed by atoms with Crippen LogP contribution < -0.4 is 4.90 Å². The van der Waals surface area contributed by atoms with E-state index in [1.54, 1.807) is 0 Å². The number of aromatic nitrogens is 1. The predicted molar refractivity (Wildman–Crippen MR) is 115 cm³/mol. The number of rotatable bonds is 4. The molecule has 0 saturated carbocycles. The lowest BCUT2D eigenvalue weighted by Crippen LogP contribution is -2.50. The number of fused-ring (bicyclic) bond motifs is 1. The Labute approximate surface area is 170 Å². The lowest BCUT2D eigenvalue weighted by molar-refractivity contribution is -0.133. The second-order valence-electron chi connectivity index (χ2n) is 7.18. The maximum Gasteiger partial charge on any atom is 0.230 e. The molecule has 1 saturated heterocycles. The molecular formula is C23H24ClN3O. The van der Waals surface area contributed by atoms with E-state index >= 15 is 0 Å². The lowest BCUT2D eigenvalue weighted by Gasteiger charge is -2.38. The molecular weight excluding hydrogens is 370 g/mol. The zero-order chi connectivity index (χ0) is 19.5. The van der Waals surface area contributed by atoms with E-state index in [1.165, 1.54) is 0 Å². The minimum Gasteiger partial charge on any atom is -0.367 e. The van der Waals surface area contributed by atoms with Crippen LogP contribution in [-0.2, 0) is 4.79 Å². The first-order valence-electron chi connectivity index (χ1n) is 9.80. The van der Waals surface area contributed by atoms with Crippen molar-refractivity contribution in [2.45, 2.75) is 19.3 Å². The Bertz CT molecular complexity index is 968. The number of piperazine rings is 1. The summed E-state index contributed by atoms with van der Waals surface area (Å²) in [6.07, 6.45) is 2.65. The van der Waals surface area contributed by atoms with Gasteiger partial charge in [-0.3, -0.25) is 9.78 Å². The van der Waals surface area contributed by atoms with Gasteiger partial charge in [0.05, 0.1) is 11.4 Å². The molecule has 1 fully saturated rings. The van der Waals surface area contributed by atoms with E-state index in [9.17, 15) is 4.79 Å². The van der Waals surface area contributed by atoms with Gasteiger partial charge in [0.1, 0.15) is 0 Å². The van der Waals surface area contributed by atoms with Crippen molar-refractivity contribution in [3.8, 4) is 0 Å². The fraction of sp³-hybridized carbons (Fsp3) is 0.304. The Kier molecular flexibility index (Phi) is 5.49. The van der Waals surface area contributed by atoms with Gasteiger partial charge < -0.3 is 9.80 Å². The van der Waals surface area contributed by atoms with Gasteiger partial charge in [-0.2, -0.15) is 0 Å². The van der Waals surface area contributed by atoms with E-state index in [-0.39, 0.29) is 11.8 Å². The van der Waals surface area contributed by atoms with Crippen molar-refractivity contribution in [3.63, 3.8) is 0 Å². The summed E-state index contributed by atoms with van der Waals surface area (Å²) >= 11 is 6.11. The largest absolute Gasteiger partial charge is 0.367 e. The quantitative estimate of drug-likeness (QED) is 0.642. The predicted octanol–water partition coefficient (Wildman–Crippen LogP) is 4.73. The van der Waals surface area contributed by atoms with E-state index in [0.717, 1.165) is 54.8 Å². The summed E-state index contributed by atoms with van der Waals surface area (Å²) in [5.74, 6) is 0.177. The van der Waals surface area contributed by atoms with Gasteiger partial charge in [-0.05, 0) is 36.2 Å². The van der Waals surface area contributed by atoms with Gasteiger partial charge >= 0.3 is 0 Å². The minimum absolute atomic E-state index is 0.0587. The molecule has 4 nitrogen and oxygen atoms in total. The highest BCUT2D eigenvalue weighted by molar-refractivity contribution is 6.31. The number of nitrogens with zero attached hydrogens (tertiary/aromatic N) is 3. The van der Waals surface area contributed by atoms with Crippen LogP contribution in [0.2, 0.25) is 5.02 Å². The van der Waals surface area contributed by atoms with Gasteiger partial charge in [0.25, 0.3) is 0 Å². The summed E-state index contributed by atoms with van der Waals surface area (Å²) in [5.41, 5.74) is 3.16. The number of hydrogen-bond acceptors (Lipinski definition) is 3. The monoisotopic (exact) mass is 393 g/mol. The number of carbonyl (C=O) groups is 1. The second-order valence-corrected chi connectivity index (χ2v) is 7.61. The van der Waals surface area contributed by atoms with Crippen molar-refractivity contribution in [2.24, 2.45) is 0 Å². The number of halogens is 1. The van der Waals surface area contributed by atoms with Crippen LogP contribution in [0.25, 0.3) is 10.9 Å². The first-order chi connectivity index (χ1) is 13.7. The number of hydrogen-bond donors (Lipinski definition) is 0. The molecule has 0 spiro atoms. The van der Waals surface area contributed by atoms with Crippen LogP contribution in [0.3, 0.4) is 0 Å². The standard InChI is InChI=1S/C23H24ClN3O/c1-2-19(17-6-4-3-5-7-17)23(28)27-14-12-26(13-15-27)22-10-11-25-21-16-18(24)8-9-20(21)22/h3-11,16,19H,2,12-15H2,1H3. The summed E-state index contributed by atoms with van der Waals surface area (Å²) < 4.78 is 0. The van der Waals surface area contributed by atoms with Crippen LogP contribution in [-0.4, -0.2) is 42.0 Å². The number of carbonyl (C=O) groups excluding carboxylic acids is 1. The van der Waals surface area contributed by atoms with Crippen molar-refractivity contribution in [1.82, 2.24) is 9.88 Å². The van der Waals surface area contributed by atoms with Crippen molar-refractivity contribution >= 4 is 34.1 Å². The topological polar surface area (TPSA) is 36.4 Å². The molecule has 1 atom stereocenters. The fourth-order valence-electron chi connectivity index (χ4n) is 4.01. The smallest absolute Gasteiger partial charge is 0.230 e. The molecule has 1 aliphatic rings. The van der Waals surface area contributed by atoms with Crippen LogP contribution in [0.5, 0.6) is 0 Å². The van der Waals surface area contributed by atoms with E-state index in [1.807, 2.05) is 53.6 Å². The molecule has 1 aliphatic heterocycles. The summed E-state index contributed by atoms with van der Waals surface area (Å²) in [7, 11) is 0. The molecule has 4 rings (SSSR count). The van der Waals surface area contributed by atoms with Crippen molar-refractivity contribution < 1.29 is 4.79 Å². The normalized spacial score (nSPS) is 15.6. The summed E-state index contributed by atoms with van der Waals surface area (Å²) in [4.78, 5) is 21.9. The third-order valence-corrected chi connectivity index (χ3v) is 5.76. The molecule has 28 heavy (non-hydrogen) atoms. The average Bonchev–Trinajstić information content (AvgIpc) is 2.74. The Morgan fingerprint density at radius 2 is 1.82 bits per heavy atom. The lowest BCUT2D eigenvalue weighted by atomic mass is 9.94. The first-order valence-corrected chi connectivity index (χ1v) is 10.2. The molecule has 1 amide bonds. The number of amides is 1. The van der Waals surface area contributed by atoms with E-state index in [0.29, 0.717) is 5.02 Å².